The fraction of sp³-hybridized carbons (Fsp3) is 0.583. The van der Waals surface area contributed by atoms with Gasteiger partial charge in [0.05, 0.1) is 12.1 Å². The number of nitrogens with two attached hydrogens (primary N) is 1. The van der Waals surface area contributed by atoms with E-state index in [0.29, 0.717) is 5.92 Å². The minimum Gasteiger partial charge on any atom is -0.347 e. The van der Waals surface area contributed by atoms with Gasteiger partial charge in [-0.05, 0) is 30.7 Å². The zero-order valence-corrected chi connectivity index (χ0v) is 10.9. The van der Waals surface area contributed by atoms with Crippen LogP contribution in [0.3, 0.4) is 0 Å². The maximum Gasteiger partial charge on any atom is 0.237 e. The van der Waals surface area contributed by atoms with E-state index in [1.165, 1.54) is 0 Å². The predicted octanol–water partition coefficient (Wildman–Crippen LogP) is 2.30. The summed E-state index contributed by atoms with van der Waals surface area (Å²) in [6.45, 7) is 6.11. The molecule has 2 atom stereocenters. The second-order valence-electron chi connectivity index (χ2n) is 4.48. The summed E-state index contributed by atoms with van der Waals surface area (Å²) < 4.78 is 0. The highest BCUT2D eigenvalue weighted by molar-refractivity contribution is 7.10. The van der Waals surface area contributed by atoms with E-state index >= 15 is 0 Å². The quantitative estimate of drug-likeness (QED) is 0.829. The Balaban J connectivity index is 2.45. The first-order valence-electron chi connectivity index (χ1n) is 5.60. The number of hydrogen-bond donors (Lipinski definition) is 2. The lowest BCUT2D eigenvalue weighted by molar-refractivity contribution is -0.123. The van der Waals surface area contributed by atoms with E-state index in [1.54, 1.807) is 11.3 Å². The van der Waals surface area contributed by atoms with Gasteiger partial charge in [-0.3, -0.25) is 4.79 Å². The molecule has 1 heterocycles. The number of nitrogens with one attached hydrogen (secondary N) is 1. The average molecular weight is 240 g/mol. The first-order chi connectivity index (χ1) is 7.50. The van der Waals surface area contributed by atoms with Crippen molar-refractivity contribution < 1.29 is 4.79 Å². The molecule has 0 spiro atoms. The fourth-order valence-corrected chi connectivity index (χ4v) is 2.28. The molecule has 0 aliphatic rings. The predicted molar refractivity (Wildman–Crippen MR) is 68.3 cm³/mol. The van der Waals surface area contributed by atoms with Crippen LogP contribution in [-0.4, -0.2) is 11.9 Å². The van der Waals surface area contributed by atoms with E-state index in [-0.39, 0.29) is 11.9 Å². The highest BCUT2D eigenvalue weighted by atomic mass is 32.1. The number of amides is 1. The molecule has 0 saturated carbocycles. The first-order valence-corrected chi connectivity index (χ1v) is 6.48. The molecule has 1 amide bonds. The monoisotopic (exact) mass is 240 g/mol. The van der Waals surface area contributed by atoms with Crippen molar-refractivity contribution in [3.63, 3.8) is 0 Å². The van der Waals surface area contributed by atoms with Crippen LogP contribution in [-0.2, 0) is 4.79 Å². The Morgan fingerprint density at radius 3 is 2.69 bits per heavy atom. The molecule has 0 saturated heterocycles. The zero-order chi connectivity index (χ0) is 12.1. The van der Waals surface area contributed by atoms with E-state index < -0.39 is 6.04 Å². The van der Waals surface area contributed by atoms with Crippen LogP contribution in [0.1, 0.15) is 38.1 Å². The summed E-state index contributed by atoms with van der Waals surface area (Å²) in [5, 5.41) is 4.94. The maximum atomic E-state index is 11.8. The van der Waals surface area contributed by atoms with Crippen LogP contribution >= 0.6 is 11.3 Å². The second kappa shape index (κ2) is 6.01. The lowest BCUT2D eigenvalue weighted by Crippen LogP contribution is -2.42. The van der Waals surface area contributed by atoms with Crippen molar-refractivity contribution in [1.82, 2.24) is 5.32 Å². The van der Waals surface area contributed by atoms with Gasteiger partial charge < -0.3 is 11.1 Å². The van der Waals surface area contributed by atoms with Crippen LogP contribution < -0.4 is 11.1 Å². The van der Waals surface area contributed by atoms with Gasteiger partial charge in [0.25, 0.3) is 0 Å². The Morgan fingerprint density at radius 1 is 1.50 bits per heavy atom. The Morgan fingerprint density at radius 2 is 2.19 bits per heavy atom. The molecule has 0 aliphatic heterocycles. The molecule has 0 aromatic carbocycles. The summed E-state index contributed by atoms with van der Waals surface area (Å²) in [4.78, 5) is 12.9. The lowest BCUT2D eigenvalue weighted by Gasteiger charge is -2.17. The summed E-state index contributed by atoms with van der Waals surface area (Å²) >= 11 is 1.64. The lowest BCUT2D eigenvalue weighted by atomic mass is 10.0. The Bertz CT molecular complexity index is 322. The highest BCUT2D eigenvalue weighted by Crippen LogP contribution is 2.18. The number of rotatable bonds is 5. The highest BCUT2D eigenvalue weighted by Gasteiger charge is 2.17. The molecular formula is C12H20N2OS. The molecular weight excluding hydrogens is 220 g/mol. The third-order valence-electron chi connectivity index (χ3n) is 2.39. The van der Waals surface area contributed by atoms with Crippen LogP contribution in [0.15, 0.2) is 17.5 Å². The number of carbonyl (C=O) groups excluding carboxylic acids is 1. The fourth-order valence-electron chi connectivity index (χ4n) is 1.54. The van der Waals surface area contributed by atoms with Gasteiger partial charge in [-0.25, -0.2) is 0 Å². The molecule has 3 nitrogen and oxygen atoms in total. The van der Waals surface area contributed by atoms with Gasteiger partial charge in [-0.15, -0.1) is 11.3 Å². The molecule has 1 aromatic rings. The van der Waals surface area contributed by atoms with E-state index in [4.69, 9.17) is 5.73 Å². The normalized spacial score (nSPS) is 14.8. The topological polar surface area (TPSA) is 55.1 Å². The summed E-state index contributed by atoms with van der Waals surface area (Å²) in [6.07, 6.45) is 0.725. The minimum absolute atomic E-state index is 0.0470. The zero-order valence-electron chi connectivity index (χ0n) is 10.1. The molecule has 0 radical (unpaired) electrons. The van der Waals surface area contributed by atoms with Crippen LogP contribution in [0.4, 0.5) is 0 Å². The molecule has 0 aliphatic carbocycles. The van der Waals surface area contributed by atoms with Crippen LogP contribution in [0.25, 0.3) is 0 Å². The van der Waals surface area contributed by atoms with Gasteiger partial charge in [0.15, 0.2) is 0 Å². The smallest absolute Gasteiger partial charge is 0.237 e. The van der Waals surface area contributed by atoms with Gasteiger partial charge in [0.2, 0.25) is 5.91 Å². The van der Waals surface area contributed by atoms with Crippen molar-refractivity contribution in [3.05, 3.63) is 22.4 Å². The largest absolute Gasteiger partial charge is 0.347 e. The van der Waals surface area contributed by atoms with Gasteiger partial charge in [0.1, 0.15) is 0 Å². The van der Waals surface area contributed by atoms with Crippen LogP contribution in [0.2, 0.25) is 0 Å². The molecule has 3 N–H and O–H groups in total. The van der Waals surface area contributed by atoms with Crippen molar-refractivity contribution in [2.75, 3.05) is 0 Å². The molecule has 4 heteroatoms. The maximum absolute atomic E-state index is 11.8. The van der Waals surface area contributed by atoms with Crippen molar-refractivity contribution in [2.45, 2.75) is 39.3 Å². The van der Waals surface area contributed by atoms with Crippen LogP contribution in [0.5, 0.6) is 0 Å². The van der Waals surface area contributed by atoms with E-state index in [2.05, 4.69) is 19.2 Å². The Labute approximate surface area is 101 Å². The molecule has 0 fully saturated rings. The molecule has 1 aromatic heterocycles. The summed E-state index contributed by atoms with van der Waals surface area (Å²) in [5.41, 5.74) is 5.81. The standard InChI is InChI=1S/C12H20N2OS/c1-8(2)7-10(13)12(15)14-9(3)11-5-4-6-16-11/h4-6,8-10H,7,13H2,1-3H3,(H,14,15)/t9-,10-/m0/s1. The van der Waals surface area contributed by atoms with Crippen molar-refractivity contribution in [1.29, 1.82) is 0 Å². The van der Waals surface area contributed by atoms with E-state index in [0.717, 1.165) is 11.3 Å². The minimum atomic E-state index is -0.401. The third-order valence-corrected chi connectivity index (χ3v) is 3.45. The van der Waals surface area contributed by atoms with Gasteiger partial charge >= 0.3 is 0 Å². The first kappa shape index (κ1) is 13.2. The molecule has 90 valence electrons. The van der Waals surface area contributed by atoms with E-state index in [9.17, 15) is 4.79 Å². The van der Waals surface area contributed by atoms with Crippen molar-refractivity contribution in [3.8, 4) is 0 Å². The molecule has 1 rings (SSSR count). The number of thiophene rings is 1. The SMILES string of the molecule is CC(C)C[C@H](N)C(=O)N[C@@H](C)c1cccs1. The van der Waals surface area contributed by atoms with Crippen molar-refractivity contribution in [2.24, 2.45) is 11.7 Å². The summed E-state index contributed by atoms with van der Waals surface area (Å²) in [5.74, 6) is 0.382. The van der Waals surface area contributed by atoms with Crippen molar-refractivity contribution >= 4 is 17.2 Å². The van der Waals surface area contributed by atoms with E-state index in [1.807, 2.05) is 24.4 Å². The molecule has 0 bridgehead atoms. The third kappa shape index (κ3) is 3.94. The summed E-state index contributed by atoms with van der Waals surface area (Å²) in [6, 6.07) is 3.65. The van der Waals surface area contributed by atoms with Gasteiger partial charge in [0, 0.05) is 4.88 Å². The number of hydrogen-bond acceptors (Lipinski definition) is 3. The molecule has 0 unspecified atom stereocenters. The number of carbonyl (C=O) groups is 1. The van der Waals surface area contributed by atoms with Gasteiger partial charge in [-0.2, -0.15) is 0 Å². The average Bonchev–Trinajstić information content (AvgIpc) is 2.68. The molecule has 16 heavy (non-hydrogen) atoms. The summed E-state index contributed by atoms with van der Waals surface area (Å²) in [7, 11) is 0. The van der Waals surface area contributed by atoms with Gasteiger partial charge in [-0.1, -0.05) is 19.9 Å². The Hall–Kier alpha value is -0.870. The second-order valence-corrected chi connectivity index (χ2v) is 5.46. The Kier molecular flexibility index (Phi) is 4.96. The van der Waals surface area contributed by atoms with Crippen LogP contribution in [0, 0.1) is 5.92 Å².